The molecular weight excluding hydrogens is 202 g/mol. The molecule has 1 heterocycles. The highest BCUT2D eigenvalue weighted by atomic mass is 16.1. The van der Waals surface area contributed by atoms with Gasteiger partial charge in [-0.25, -0.2) is 0 Å². The van der Waals surface area contributed by atoms with Gasteiger partial charge in [0, 0.05) is 24.9 Å². The van der Waals surface area contributed by atoms with Crippen LogP contribution in [0.3, 0.4) is 0 Å². The second-order valence-electron chi connectivity index (χ2n) is 3.63. The highest BCUT2D eigenvalue weighted by Gasteiger charge is 2.01. The summed E-state index contributed by atoms with van der Waals surface area (Å²) in [7, 11) is 1.91. The number of nitrogens with zero attached hydrogens (tertiary/aromatic N) is 1. The van der Waals surface area contributed by atoms with Crippen LogP contribution in [0.15, 0.2) is 24.4 Å². The van der Waals surface area contributed by atoms with Gasteiger partial charge in [0.25, 0.3) is 0 Å². The van der Waals surface area contributed by atoms with Crippen molar-refractivity contribution in [3.8, 4) is 0 Å². The third kappa shape index (κ3) is 5.46. The van der Waals surface area contributed by atoms with Crippen LogP contribution in [-0.4, -0.2) is 31.0 Å². The van der Waals surface area contributed by atoms with E-state index in [2.05, 4.69) is 15.6 Å². The number of nitrogens with one attached hydrogen (secondary N) is 2. The molecule has 88 valence electrons. The summed E-state index contributed by atoms with van der Waals surface area (Å²) < 4.78 is 0. The Morgan fingerprint density at radius 3 is 2.94 bits per heavy atom. The standard InChI is InChI=1S/C12H19N3O/c1-13-8-4-10-15-12(16)7-6-11-5-2-3-9-14-11/h2-3,5,9,13H,4,6-8,10H2,1H3,(H,15,16). The van der Waals surface area contributed by atoms with Crippen molar-refractivity contribution < 1.29 is 4.79 Å². The van der Waals surface area contributed by atoms with Crippen molar-refractivity contribution in [1.82, 2.24) is 15.6 Å². The Kier molecular flexibility index (Phi) is 6.18. The number of aromatic nitrogens is 1. The van der Waals surface area contributed by atoms with E-state index in [4.69, 9.17) is 0 Å². The Morgan fingerprint density at radius 1 is 1.38 bits per heavy atom. The van der Waals surface area contributed by atoms with Crippen LogP contribution in [0.2, 0.25) is 0 Å². The van der Waals surface area contributed by atoms with E-state index >= 15 is 0 Å². The van der Waals surface area contributed by atoms with Gasteiger partial charge in [0.15, 0.2) is 0 Å². The summed E-state index contributed by atoms with van der Waals surface area (Å²) in [6, 6.07) is 5.75. The van der Waals surface area contributed by atoms with E-state index in [1.54, 1.807) is 6.20 Å². The molecule has 1 rings (SSSR count). The normalized spacial score (nSPS) is 10.1. The van der Waals surface area contributed by atoms with Crippen molar-refractivity contribution in [2.75, 3.05) is 20.1 Å². The molecule has 0 aliphatic heterocycles. The van der Waals surface area contributed by atoms with Gasteiger partial charge in [0.2, 0.25) is 5.91 Å². The summed E-state index contributed by atoms with van der Waals surface area (Å²) in [6.07, 6.45) is 3.93. The Hall–Kier alpha value is -1.42. The molecule has 1 amide bonds. The van der Waals surface area contributed by atoms with Gasteiger partial charge in [0.1, 0.15) is 0 Å². The Morgan fingerprint density at radius 2 is 2.25 bits per heavy atom. The molecular formula is C12H19N3O. The molecule has 0 atom stereocenters. The number of hydrogen-bond acceptors (Lipinski definition) is 3. The van der Waals surface area contributed by atoms with Crippen molar-refractivity contribution in [2.24, 2.45) is 0 Å². The average Bonchev–Trinajstić information content (AvgIpc) is 2.33. The maximum atomic E-state index is 11.4. The first-order valence-corrected chi connectivity index (χ1v) is 5.64. The first-order chi connectivity index (χ1) is 7.83. The van der Waals surface area contributed by atoms with Crippen molar-refractivity contribution in [1.29, 1.82) is 0 Å². The molecule has 0 aliphatic rings. The zero-order valence-electron chi connectivity index (χ0n) is 9.70. The summed E-state index contributed by atoms with van der Waals surface area (Å²) in [5.74, 6) is 0.0988. The number of rotatable bonds is 7. The topological polar surface area (TPSA) is 54.0 Å². The second-order valence-corrected chi connectivity index (χ2v) is 3.63. The summed E-state index contributed by atoms with van der Waals surface area (Å²) in [5.41, 5.74) is 0.966. The summed E-state index contributed by atoms with van der Waals surface area (Å²) in [4.78, 5) is 15.6. The number of carbonyl (C=O) groups is 1. The molecule has 4 nitrogen and oxygen atoms in total. The fraction of sp³-hybridized carbons (Fsp3) is 0.500. The van der Waals surface area contributed by atoms with Gasteiger partial charge >= 0.3 is 0 Å². The molecule has 2 N–H and O–H groups in total. The predicted octanol–water partition coefficient (Wildman–Crippen LogP) is 0.740. The van der Waals surface area contributed by atoms with Crippen molar-refractivity contribution in [3.63, 3.8) is 0 Å². The lowest BCUT2D eigenvalue weighted by Gasteiger charge is -2.04. The number of amides is 1. The molecule has 16 heavy (non-hydrogen) atoms. The third-order valence-corrected chi connectivity index (χ3v) is 2.26. The fourth-order valence-corrected chi connectivity index (χ4v) is 1.37. The zero-order valence-corrected chi connectivity index (χ0v) is 9.70. The van der Waals surface area contributed by atoms with Crippen LogP contribution >= 0.6 is 0 Å². The third-order valence-electron chi connectivity index (χ3n) is 2.26. The molecule has 0 saturated heterocycles. The number of hydrogen-bond donors (Lipinski definition) is 2. The van der Waals surface area contributed by atoms with Crippen LogP contribution in [-0.2, 0) is 11.2 Å². The van der Waals surface area contributed by atoms with Crippen molar-refractivity contribution >= 4 is 5.91 Å². The van der Waals surface area contributed by atoms with E-state index in [0.29, 0.717) is 12.8 Å². The summed E-state index contributed by atoms with van der Waals surface area (Å²) in [6.45, 7) is 1.67. The summed E-state index contributed by atoms with van der Waals surface area (Å²) in [5, 5.41) is 5.92. The number of aryl methyl sites for hydroxylation is 1. The molecule has 1 aromatic rings. The van der Waals surface area contributed by atoms with Crippen LogP contribution < -0.4 is 10.6 Å². The minimum atomic E-state index is 0.0988. The van der Waals surface area contributed by atoms with E-state index in [-0.39, 0.29) is 5.91 Å². The van der Waals surface area contributed by atoms with Gasteiger partial charge in [-0.05, 0) is 38.6 Å². The van der Waals surface area contributed by atoms with Gasteiger partial charge in [-0.3, -0.25) is 9.78 Å². The van der Waals surface area contributed by atoms with Gasteiger partial charge in [0.05, 0.1) is 0 Å². The van der Waals surface area contributed by atoms with Crippen molar-refractivity contribution in [2.45, 2.75) is 19.3 Å². The van der Waals surface area contributed by atoms with Crippen LogP contribution in [0.5, 0.6) is 0 Å². The lowest BCUT2D eigenvalue weighted by atomic mass is 10.2. The average molecular weight is 221 g/mol. The fourth-order valence-electron chi connectivity index (χ4n) is 1.37. The number of pyridine rings is 1. The van der Waals surface area contributed by atoms with Crippen molar-refractivity contribution in [3.05, 3.63) is 30.1 Å². The van der Waals surface area contributed by atoms with Crippen LogP contribution in [0.25, 0.3) is 0 Å². The van der Waals surface area contributed by atoms with E-state index < -0.39 is 0 Å². The van der Waals surface area contributed by atoms with Gasteiger partial charge < -0.3 is 10.6 Å². The van der Waals surface area contributed by atoms with Gasteiger partial charge in [-0.2, -0.15) is 0 Å². The van der Waals surface area contributed by atoms with Crippen LogP contribution in [0.1, 0.15) is 18.5 Å². The van der Waals surface area contributed by atoms with E-state index in [1.165, 1.54) is 0 Å². The Labute approximate surface area is 96.5 Å². The zero-order chi connectivity index (χ0) is 11.6. The Balaban J connectivity index is 2.11. The van der Waals surface area contributed by atoms with Crippen LogP contribution in [0.4, 0.5) is 0 Å². The molecule has 0 aliphatic carbocycles. The molecule has 0 unspecified atom stereocenters. The largest absolute Gasteiger partial charge is 0.356 e. The molecule has 0 saturated carbocycles. The van der Waals surface area contributed by atoms with Gasteiger partial charge in [-0.1, -0.05) is 6.07 Å². The first-order valence-electron chi connectivity index (χ1n) is 5.64. The minimum absolute atomic E-state index is 0.0988. The smallest absolute Gasteiger partial charge is 0.220 e. The molecule has 0 spiro atoms. The highest BCUT2D eigenvalue weighted by molar-refractivity contribution is 5.76. The molecule has 0 aromatic carbocycles. The van der Waals surface area contributed by atoms with E-state index in [0.717, 1.165) is 25.2 Å². The summed E-state index contributed by atoms with van der Waals surface area (Å²) >= 11 is 0. The highest BCUT2D eigenvalue weighted by Crippen LogP contribution is 1.97. The Bertz CT molecular complexity index is 300. The van der Waals surface area contributed by atoms with Gasteiger partial charge in [-0.15, -0.1) is 0 Å². The molecule has 1 aromatic heterocycles. The molecule has 4 heteroatoms. The van der Waals surface area contributed by atoms with E-state index in [1.807, 2.05) is 25.2 Å². The minimum Gasteiger partial charge on any atom is -0.356 e. The van der Waals surface area contributed by atoms with Crippen LogP contribution in [0, 0.1) is 0 Å². The lowest BCUT2D eigenvalue weighted by molar-refractivity contribution is -0.121. The maximum absolute atomic E-state index is 11.4. The first kappa shape index (κ1) is 12.6. The molecule has 0 bridgehead atoms. The molecule has 0 radical (unpaired) electrons. The SMILES string of the molecule is CNCCCNC(=O)CCc1ccccn1. The quantitative estimate of drug-likeness (QED) is 0.668. The maximum Gasteiger partial charge on any atom is 0.220 e. The predicted molar refractivity (Wildman–Crippen MR) is 64.1 cm³/mol. The lowest BCUT2D eigenvalue weighted by Crippen LogP contribution is -2.26. The number of carbonyl (C=O) groups excluding carboxylic acids is 1. The molecule has 0 fully saturated rings. The van der Waals surface area contributed by atoms with E-state index in [9.17, 15) is 4.79 Å². The second kappa shape index (κ2) is 7.82. The monoisotopic (exact) mass is 221 g/mol.